The second-order valence-electron chi connectivity index (χ2n) is 2.89. The van der Waals surface area contributed by atoms with Gasteiger partial charge in [-0.1, -0.05) is 6.07 Å². The summed E-state index contributed by atoms with van der Waals surface area (Å²) in [6, 6.07) is 9.06. The SMILES string of the molecule is O=Cc1ncccc1Nc1ccccn1. The van der Waals surface area contributed by atoms with Crippen LogP contribution in [0, 0.1) is 0 Å². The molecule has 0 spiro atoms. The van der Waals surface area contributed by atoms with E-state index in [4.69, 9.17) is 0 Å². The van der Waals surface area contributed by atoms with Crippen LogP contribution in [0.1, 0.15) is 10.5 Å². The Morgan fingerprint density at radius 1 is 1.07 bits per heavy atom. The number of rotatable bonds is 3. The van der Waals surface area contributed by atoms with Gasteiger partial charge in [-0.05, 0) is 24.3 Å². The maximum absolute atomic E-state index is 10.7. The third kappa shape index (κ3) is 2.17. The molecule has 2 heterocycles. The molecule has 0 bridgehead atoms. The highest BCUT2D eigenvalue weighted by Gasteiger charge is 2.01. The van der Waals surface area contributed by atoms with Crippen LogP contribution in [0.2, 0.25) is 0 Å². The molecule has 2 aromatic rings. The van der Waals surface area contributed by atoms with Crippen LogP contribution < -0.4 is 5.32 Å². The van der Waals surface area contributed by atoms with Gasteiger partial charge in [0.2, 0.25) is 0 Å². The Balaban J connectivity index is 2.28. The lowest BCUT2D eigenvalue weighted by Gasteiger charge is -2.05. The molecule has 4 nitrogen and oxygen atoms in total. The first-order valence-corrected chi connectivity index (χ1v) is 4.48. The number of carbonyl (C=O) groups is 1. The van der Waals surface area contributed by atoms with Crippen molar-refractivity contribution in [2.75, 3.05) is 5.32 Å². The first kappa shape index (κ1) is 9.33. The van der Waals surface area contributed by atoms with Crippen molar-refractivity contribution in [3.8, 4) is 0 Å². The molecule has 2 rings (SSSR count). The van der Waals surface area contributed by atoms with Crippen LogP contribution in [0.4, 0.5) is 11.5 Å². The molecule has 0 fully saturated rings. The average Bonchev–Trinajstić information content (AvgIpc) is 2.31. The van der Waals surface area contributed by atoms with E-state index in [9.17, 15) is 4.79 Å². The van der Waals surface area contributed by atoms with Crippen LogP contribution >= 0.6 is 0 Å². The minimum atomic E-state index is 0.378. The predicted octanol–water partition coefficient (Wildman–Crippen LogP) is 2.03. The van der Waals surface area contributed by atoms with Gasteiger partial charge in [0.15, 0.2) is 6.29 Å². The lowest BCUT2D eigenvalue weighted by molar-refractivity contribution is 0.112. The lowest BCUT2D eigenvalue weighted by Crippen LogP contribution is -1.98. The van der Waals surface area contributed by atoms with Crippen molar-refractivity contribution in [3.05, 3.63) is 48.4 Å². The molecule has 0 unspecified atom stereocenters. The fourth-order valence-corrected chi connectivity index (χ4v) is 1.19. The summed E-state index contributed by atoms with van der Waals surface area (Å²) < 4.78 is 0. The normalized spacial score (nSPS) is 9.60. The Hall–Kier alpha value is -2.23. The monoisotopic (exact) mass is 199 g/mol. The molecule has 0 aromatic carbocycles. The summed E-state index contributed by atoms with van der Waals surface area (Å²) in [5, 5.41) is 3.02. The van der Waals surface area contributed by atoms with Gasteiger partial charge in [-0.3, -0.25) is 9.78 Å². The zero-order chi connectivity index (χ0) is 10.5. The first-order chi connectivity index (χ1) is 7.40. The topological polar surface area (TPSA) is 54.9 Å². The average molecular weight is 199 g/mol. The second-order valence-corrected chi connectivity index (χ2v) is 2.89. The smallest absolute Gasteiger partial charge is 0.170 e. The van der Waals surface area contributed by atoms with Gasteiger partial charge in [0.25, 0.3) is 0 Å². The Bertz CT molecular complexity index is 456. The van der Waals surface area contributed by atoms with E-state index < -0.39 is 0 Å². The van der Waals surface area contributed by atoms with Crippen LogP contribution in [-0.2, 0) is 0 Å². The number of aromatic nitrogens is 2. The van der Waals surface area contributed by atoms with E-state index in [1.165, 1.54) is 0 Å². The highest BCUT2D eigenvalue weighted by atomic mass is 16.1. The van der Waals surface area contributed by atoms with Gasteiger partial charge in [-0.25, -0.2) is 4.98 Å². The molecule has 0 aliphatic heterocycles. The van der Waals surface area contributed by atoms with Crippen molar-refractivity contribution in [2.45, 2.75) is 0 Å². The van der Waals surface area contributed by atoms with Crippen LogP contribution in [0.5, 0.6) is 0 Å². The Kier molecular flexibility index (Phi) is 2.69. The number of aldehydes is 1. The summed E-state index contributed by atoms with van der Waals surface area (Å²) in [5.74, 6) is 0.689. The summed E-state index contributed by atoms with van der Waals surface area (Å²) in [5.41, 5.74) is 1.04. The predicted molar refractivity (Wildman–Crippen MR) is 57.1 cm³/mol. The van der Waals surface area contributed by atoms with E-state index in [1.807, 2.05) is 18.2 Å². The number of anilines is 2. The lowest BCUT2D eigenvalue weighted by atomic mass is 10.3. The van der Waals surface area contributed by atoms with Gasteiger partial charge in [0.1, 0.15) is 11.5 Å². The quantitative estimate of drug-likeness (QED) is 0.768. The molecule has 0 amide bonds. The largest absolute Gasteiger partial charge is 0.338 e. The second kappa shape index (κ2) is 4.32. The molecule has 0 aliphatic rings. The van der Waals surface area contributed by atoms with E-state index in [0.717, 1.165) is 0 Å². The van der Waals surface area contributed by atoms with Crippen LogP contribution in [0.15, 0.2) is 42.7 Å². The van der Waals surface area contributed by atoms with E-state index >= 15 is 0 Å². The maximum Gasteiger partial charge on any atom is 0.170 e. The molecule has 0 saturated carbocycles. The van der Waals surface area contributed by atoms with Crippen molar-refractivity contribution >= 4 is 17.8 Å². The Morgan fingerprint density at radius 2 is 1.93 bits per heavy atom. The number of pyridine rings is 2. The molecular weight excluding hydrogens is 190 g/mol. The van der Waals surface area contributed by atoms with Gasteiger partial charge < -0.3 is 5.32 Å². The molecular formula is C11H9N3O. The molecule has 2 aromatic heterocycles. The van der Waals surface area contributed by atoms with Crippen molar-refractivity contribution in [1.82, 2.24) is 9.97 Å². The molecule has 15 heavy (non-hydrogen) atoms. The molecule has 1 N–H and O–H groups in total. The summed E-state index contributed by atoms with van der Waals surface area (Å²) >= 11 is 0. The number of nitrogens with zero attached hydrogens (tertiary/aromatic N) is 2. The summed E-state index contributed by atoms with van der Waals surface area (Å²) in [6.45, 7) is 0. The third-order valence-electron chi connectivity index (χ3n) is 1.88. The van der Waals surface area contributed by atoms with Gasteiger partial charge in [-0.15, -0.1) is 0 Å². The number of hydrogen-bond donors (Lipinski definition) is 1. The number of carbonyl (C=O) groups excluding carboxylic acids is 1. The summed E-state index contributed by atoms with van der Waals surface area (Å²) in [6.07, 6.45) is 3.97. The molecule has 0 atom stereocenters. The van der Waals surface area contributed by atoms with E-state index in [1.54, 1.807) is 24.5 Å². The van der Waals surface area contributed by atoms with Gasteiger partial charge in [-0.2, -0.15) is 0 Å². The third-order valence-corrected chi connectivity index (χ3v) is 1.88. The summed E-state index contributed by atoms with van der Waals surface area (Å²) in [4.78, 5) is 18.7. The number of nitrogens with one attached hydrogen (secondary N) is 1. The van der Waals surface area contributed by atoms with Crippen LogP contribution in [-0.4, -0.2) is 16.3 Å². The minimum absolute atomic E-state index is 0.378. The molecule has 0 saturated heterocycles. The van der Waals surface area contributed by atoms with Gasteiger partial charge >= 0.3 is 0 Å². The summed E-state index contributed by atoms with van der Waals surface area (Å²) in [7, 11) is 0. The fourth-order valence-electron chi connectivity index (χ4n) is 1.19. The minimum Gasteiger partial charge on any atom is -0.338 e. The van der Waals surface area contributed by atoms with E-state index in [0.29, 0.717) is 23.5 Å². The van der Waals surface area contributed by atoms with Gasteiger partial charge in [0, 0.05) is 12.4 Å². The zero-order valence-corrected chi connectivity index (χ0v) is 7.92. The standard InChI is InChI=1S/C11H9N3O/c15-8-10-9(4-3-7-12-10)14-11-5-1-2-6-13-11/h1-8H,(H,13,14). The van der Waals surface area contributed by atoms with Crippen molar-refractivity contribution in [1.29, 1.82) is 0 Å². The highest BCUT2D eigenvalue weighted by molar-refractivity contribution is 5.82. The maximum atomic E-state index is 10.7. The molecule has 4 heteroatoms. The highest BCUT2D eigenvalue weighted by Crippen LogP contribution is 2.15. The van der Waals surface area contributed by atoms with Gasteiger partial charge in [0.05, 0.1) is 5.69 Å². The first-order valence-electron chi connectivity index (χ1n) is 4.48. The molecule has 0 aliphatic carbocycles. The molecule has 0 radical (unpaired) electrons. The zero-order valence-electron chi connectivity index (χ0n) is 7.92. The van der Waals surface area contributed by atoms with E-state index in [2.05, 4.69) is 15.3 Å². The Morgan fingerprint density at radius 3 is 2.67 bits per heavy atom. The van der Waals surface area contributed by atoms with E-state index in [-0.39, 0.29) is 0 Å². The van der Waals surface area contributed by atoms with Crippen LogP contribution in [0.25, 0.3) is 0 Å². The van der Waals surface area contributed by atoms with Crippen molar-refractivity contribution in [2.24, 2.45) is 0 Å². The van der Waals surface area contributed by atoms with Crippen molar-refractivity contribution in [3.63, 3.8) is 0 Å². The van der Waals surface area contributed by atoms with Crippen LogP contribution in [0.3, 0.4) is 0 Å². The fraction of sp³-hybridized carbons (Fsp3) is 0. The Labute approximate surface area is 87.0 Å². The molecule has 74 valence electrons. The van der Waals surface area contributed by atoms with Crippen molar-refractivity contribution < 1.29 is 4.79 Å². The number of hydrogen-bond acceptors (Lipinski definition) is 4.